The lowest BCUT2D eigenvalue weighted by molar-refractivity contribution is 0.0685. The molecule has 2 aromatic carbocycles. The number of amides is 1. The number of carboxylic acids is 2. The normalized spacial score (nSPS) is 10.7. The van der Waals surface area contributed by atoms with E-state index in [1.165, 1.54) is 42.6 Å². The molecule has 0 bridgehead atoms. The molecule has 0 spiro atoms. The number of aromatic amines is 1. The third-order valence-corrected chi connectivity index (χ3v) is 5.13. The topological polar surface area (TPSA) is 164 Å². The number of anilines is 1. The van der Waals surface area contributed by atoms with E-state index in [1.54, 1.807) is 16.8 Å². The highest BCUT2D eigenvalue weighted by Crippen LogP contribution is 2.27. The number of ether oxygens (including phenoxy) is 1. The first-order chi connectivity index (χ1) is 16.2. The lowest BCUT2D eigenvalue weighted by Crippen LogP contribution is -2.17. The summed E-state index contributed by atoms with van der Waals surface area (Å²) >= 11 is 6.38. The Labute approximate surface area is 195 Å². The fraction of sp³-hybridized carbons (Fsp3) is 0.0455. The van der Waals surface area contributed by atoms with Crippen molar-refractivity contribution in [3.8, 4) is 5.69 Å². The SMILES string of the molecule is O=C(Nc1ccc(C(=O)O)cc1)OCc1nccn1-c1cc2cc(C(=O)O)c(=O)[nH]c2cc1Cl. The van der Waals surface area contributed by atoms with Gasteiger partial charge in [0.05, 0.1) is 16.3 Å². The summed E-state index contributed by atoms with van der Waals surface area (Å²) in [4.78, 5) is 52.9. The molecule has 4 aromatic rings. The van der Waals surface area contributed by atoms with Gasteiger partial charge in [0.1, 0.15) is 5.56 Å². The minimum Gasteiger partial charge on any atom is -0.478 e. The number of hydrogen-bond donors (Lipinski definition) is 4. The third-order valence-electron chi connectivity index (χ3n) is 4.83. The Morgan fingerprint density at radius 1 is 1.09 bits per heavy atom. The number of fused-ring (bicyclic) bond motifs is 1. The molecule has 4 rings (SSSR count). The number of nitrogens with one attached hydrogen (secondary N) is 2. The second kappa shape index (κ2) is 9.08. The lowest BCUT2D eigenvalue weighted by Gasteiger charge is -2.12. The van der Waals surface area contributed by atoms with Gasteiger partial charge in [-0.1, -0.05) is 11.6 Å². The minimum atomic E-state index is -1.36. The number of H-pyrrole nitrogens is 1. The molecule has 0 aliphatic carbocycles. The van der Waals surface area contributed by atoms with E-state index in [4.69, 9.17) is 21.4 Å². The number of rotatable bonds is 6. The quantitative estimate of drug-likeness (QED) is 0.324. The number of aromatic nitrogens is 3. The van der Waals surface area contributed by atoms with Crippen LogP contribution in [0.4, 0.5) is 10.5 Å². The van der Waals surface area contributed by atoms with Crippen LogP contribution < -0.4 is 10.9 Å². The van der Waals surface area contributed by atoms with Gasteiger partial charge in [0.15, 0.2) is 12.4 Å². The highest BCUT2D eigenvalue weighted by molar-refractivity contribution is 6.33. The molecular formula is C22H15ClN4O7. The van der Waals surface area contributed by atoms with Gasteiger partial charge in [-0.15, -0.1) is 0 Å². The first-order valence-corrected chi connectivity index (χ1v) is 10.0. The van der Waals surface area contributed by atoms with Crippen molar-refractivity contribution < 1.29 is 29.3 Å². The highest BCUT2D eigenvalue weighted by Gasteiger charge is 2.15. The van der Waals surface area contributed by atoms with Gasteiger partial charge in [0.25, 0.3) is 5.56 Å². The third kappa shape index (κ3) is 4.59. The van der Waals surface area contributed by atoms with Crippen molar-refractivity contribution >= 4 is 46.2 Å². The number of benzene rings is 2. The summed E-state index contributed by atoms with van der Waals surface area (Å²) in [6.45, 7) is -0.230. The molecule has 11 nitrogen and oxygen atoms in total. The number of nitrogens with zero attached hydrogens (tertiary/aromatic N) is 2. The van der Waals surface area contributed by atoms with Gasteiger partial charge >= 0.3 is 18.0 Å². The summed E-state index contributed by atoms with van der Waals surface area (Å²) in [5.41, 5.74) is 0.0485. The van der Waals surface area contributed by atoms with Crippen molar-refractivity contribution in [2.24, 2.45) is 0 Å². The molecule has 34 heavy (non-hydrogen) atoms. The zero-order valence-corrected chi connectivity index (χ0v) is 17.9. The molecule has 172 valence electrons. The summed E-state index contributed by atoms with van der Waals surface area (Å²) in [6.07, 6.45) is 2.26. The fourth-order valence-corrected chi connectivity index (χ4v) is 3.46. The van der Waals surface area contributed by atoms with Crippen molar-refractivity contribution in [2.75, 3.05) is 5.32 Å². The van der Waals surface area contributed by atoms with Crippen molar-refractivity contribution in [2.45, 2.75) is 6.61 Å². The van der Waals surface area contributed by atoms with Crippen LogP contribution >= 0.6 is 11.6 Å². The molecule has 12 heteroatoms. The Balaban J connectivity index is 1.54. The van der Waals surface area contributed by atoms with Crippen LogP contribution in [0.5, 0.6) is 0 Å². The van der Waals surface area contributed by atoms with Gasteiger partial charge in [0, 0.05) is 29.0 Å². The maximum atomic E-state index is 12.1. The molecule has 4 N–H and O–H groups in total. The molecule has 0 aliphatic rings. The van der Waals surface area contributed by atoms with E-state index in [9.17, 15) is 24.3 Å². The molecule has 0 aliphatic heterocycles. The van der Waals surface area contributed by atoms with Crippen LogP contribution in [-0.2, 0) is 11.3 Å². The number of carboxylic acid groups (broad SMARTS) is 2. The molecule has 0 saturated heterocycles. The van der Waals surface area contributed by atoms with Gasteiger partial charge in [-0.25, -0.2) is 19.4 Å². The molecule has 0 atom stereocenters. The Morgan fingerprint density at radius 2 is 1.82 bits per heavy atom. The monoisotopic (exact) mass is 482 g/mol. The minimum absolute atomic E-state index is 0.0766. The predicted molar refractivity (Wildman–Crippen MR) is 121 cm³/mol. The first-order valence-electron chi connectivity index (χ1n) is 9.62. The fourth-order valence-electron chi connectivity index (χ4n) is 3.20. The summed E-state index contributed by atoms with van der Waals surface area (Å²) in [5.74, 6) is -2.13. The van der Waals surface area contributed by atoms with E-state index in [1.807, 2.05) is 0 Å². The Kier molecular flexibility index (Phi) is 6.02. The van der Waals surface area contributed by atoms with Gasteiger partial charge in [0.2, 0.25) is 0 Å². The van der Waals surface area contributed by atoms with Gasteiger partial charge in [-0.3, -0.25) is 14.7 Å². The van der Waals surface area contributed by atoms with Gasteiger partial charge in [-0.2, -0.15) is 0 Å². The summed E-state index contributed by atoms with van der Waals surface area (Å²) in [6, 6.07) is 9.84. The summed E-state index contributed by atoms with van der Waals surface area (Å²) < 4.78 is 6.76. The van der Waals surface area contributed by atoms with E-state index in [0.29, 0.717) is 28.1 Å². The van der Waals surface area contributed by atoms with Crippen LogP contribution in [0.3, 0.4) is 0 Å². The summed E-state index contributed by atoms with van der Waals surface area (Å²) in [5, 5.41) is 21.3. The number of halogens is 1. The largest absolute Gasteiger partial charge is 0.478 e. The molecule has 1 amide bonds. The molecule has 0 saturated carbocycles. The van der Waals surface area contributed by atoms with Gasteiger partial charge in [-0.05, 0) is 42.5 Å². The van der Waals surface area contributed by atoms with Crippen LogP contribution in [0.2, 0.25) is 5.02 Å². The van der Waals surface area contributed by atoms with Gasteiger partial charge < -0.3 is 19.9 Å². The molecule has 0 radical (unpaired) electrons. The van der Waals surface area contributed by atoms with Crippen LogP contribution in [0.15, 0.2) is 59.7 Å². The number of imidazole rings is 1. The van der Waals surface area contributed by atoms with E-state index >= 15 is 0 Å². The van der Waals surface area contributed by atoms with Crippen LogP contribution in [0.25, 0.3) is 16.6 Å². The maximum absolute atomic E-state index is 12.1. The Morgan fingerprint density at radius 3 is 2.50 bits per heavy atom. The Bertz CT molecular complexity index is 1490. The van der Waals surface area contributed by atoms with E-state index < -0.39 is 29.2 Å². The Hall–Kier alpha value is -4.64. The van der Waals surface area contributed by atoms with Crippen LogP contribution in [0.1, 0.15) is 26.5 Å². The van der Waals surface area contributed by atoms with Crippen LogP contribution in [0, 0.1) is 0 Å². The zero-order valence-electron chi connectivity index (χ0n) is 17.1. The number of aromatic carboxylic acids is 2. The van der Waals surface area contributed by atoms with Crippen LogP contribution in [-0.4, -0.2) is 42.8 Å². The molecule has 0 fully saturated rings. The lowest BCUT2D eigenvalue weighted by atomic mass is 10.1. The highest BCUT2D eigenvalue weighted by atomic mass is 35.5. The van der Waals surface area contributed by atoms with Crippen molar-refractivity contribution in [3.05, 3.63) is 87.2 Å². The van der Waals surface area contributed by atoms with Crippen molar-refractivity contribution in [1.82, 2.24) is 14.5 Å². The van der Waals surface area contributed by atoms with Crippen molar-refractivity contribution in [3.63, 3.8) is 0 Å². The summed E-state index contributed by atoms with van der Waals surface area (Å²) in [7, 11) is 0. The number of pyridine rings is 1. The number of carbonyl (C=O) groups excluding carboxylic acids is 1. The van der Waals surface area contributed by atoms with E-state index in [0.717, 1.165) is 0 Å². The standard InChI is InChI=1S/C22H15ClN4O7/c23-15-9-16-12(7-14(21(31)32)19(28)26-16)8-17(15)27-6-5-24-18(27)10-34-22(33)25-13-3-1-11(2-4-13)20(29)30/h1-9H,10H2,(H,25,33)(H,26,28)(H,29,30)(H,31,32). The first kappa shape index (κ1) is 22.6. The molecule has 2 aromatic heterocycles. The second-order valence-electron chi connectivity index (χ2n) is 7.01. The second-order valence-corrected chi connectivity index (χ2v) is 7.41. The van der Waals surface area contributed by atoms with Crippen molar-refractivity contribution in [1.29, 1.82) is 0 Å². The zero-order chi connectivity index (χ0) is 24.4. The molecular weight excluding hydrogens is 468 g/mol. The number of hydrogen-bond acceptors (Lipinski definition) is 6. The van der Waals surface area contributed by atoms with E-state index in [2.05, 4.69) is 15.3 Å². The molecule has 2 heterocycles. The average molecular weight is 483 g/mol. The average Bonchev–Trinajstić information content (AvgIpc) is 3.25. The number of carbonyl (C=O) groups is 3. The maximum Gasteiger partial charge on any atom is 0.412 e. The predicted octanol–water partition coefficient (Wildman–Crippen LogP) is 3.51. The molecule has 0 unspecified atom stereocenters. The van der Waals surface area contributed by atoms with E-state index in [-0.39, 0.29) is 17.2 Å². The smallest absolute Gasteiger partial charge is 0.412 e.